The van der Waals surface area contributed by atoms with Crippen LogP contribution in [0.5, 0.6) is 0 Å². The Balaban J connectivity index is 1.73. The molecule has 0 spiro atoms. The highest BCUT2D eigenvalue weighted by Crippen LogP contribution is 2.29. The zero-order chi connectivity index (χ0) is 13.4. The maximum Gasteiger partial charge on any atom is 0.253 e. The highest BCUT2D eigenvalue weighted by atomic mass is 127. The third kappa shape index (κ3) is 2.79. The topological polar surface area (TPSA) is 32.3 Å². The van der Waals surface area contributed by atoms with Gasteiger partial charge in [0.2, 0.25) is 0 Å². The van der Waals surface area contributed by atoms with Gasteiger partial charge in [0.1, 0.15) is 0 Å². The van der Waals surface area contributed by atoms with Crippen LogP contribution in [0.15, 0.2) is 24.3 Å². The molecule has 2 aliphatic rings. The van der Waals surface area contributed by atoms with Gasteiger partial charge in [-0.1, -0.05) is 6.07 Å². The van der Waals surface area contributed by atoms with Crippen molar-refractivity contribution in [2.75, 3.05) is 7.05 Å². The van der Waals surface area contributed by atoms with Crippen LogP contribution in [0.3, 0.4) is 0 Å². The maximum atomic E-state index is 12.5. The van der Waals surface area contributed by atoms with E-state index < -0.39 is 0 Å². The Morgan fingerprint density at radius 1 is 1.32 bits per heavy atom. The number of nitrogens with one attached hydrogen (secondary N) is 1. The fraction of sp³-hybridized carbons (Fsp3) is 0.533. The van der Waals surface area contributed by atoms with E-state index in [1.165, 1.54) is 12.8 Å². The maximum absolute atomic E-state index is 12.5. The molecule has 1 amide bonds. The lowest BCUT2D eigenvalue weighted by Crippen LogP contribution is -2.48. The number of piperidine rings is 1. The second-order valence-corrected chi connectivity index (χ2v) is 6.94. The Kier molecular flexibility index (Phi) is 3.80. The molecule has 2 heterocycles. The summed E-state index contributed by atoms with van der Waals surface area (Å²) < 4.78 is 1.11. The van der Waals surface area contributed by atoms with Crippen LogP contribution in [0.4, 0.5) is 0 Å². The van der Waals surface area contributed by atoms with E-state index >= 15 is 0 Å². The van der Waals surface area contributed by atoms with Crippen LogP contribution in [0.1, 0.15) is 36.0 Å². The normalized spacial score (nSPS) is 29.3. The van der Waals surface area contributed by atoms with Crippen molar-refractivity contribution in [3.63, 3.8) is 0 Å². The van der Waals surface area contributed by atoms with Gasteiger partial charge in [0, 0.05) is 34.3 Å². The summed E-state index contributed by atoms with van der Waals surface area (Å²) in [4.78, 5) is 14.5. The lowest BCUT2D eigenvalue weighted by atomic mass is 9.98. The fourth-order valence-corrected chi connectivity index (χ4v) is 3.88. The number of halogens is 1. The Bertz CT molecular complexity index is 479. The predicted octanol–water partition coefficient (Wildman–Crippen LogP) is 2.65. The molecule has 3 nitrogen and oxygen atoms in total. The molecule has 2 fully saturated rings. The van der Waals surface area contributed by atoms with E-state index in [-0.39, 0.29) is 5.91 Å². The van der Waals surface area contributed by atoms with Gasteiger partial charge >= 0.3 is 0 Å². The molecule has 4 heteroatoms. The molecule has 1 N–H and O–H groups in total. The molecule has 102 valence electrons. The first-order valence-electron chi connectivity index (χ1n) is 6.92. The second kappa shape index (κ2) is 5.40. The summed E-state index contributed by atoms with van der Waals surface area (Å²) in [6.07, 6.45) is 4.74. The van der Waals surface area contributed by atoms with E-state index in [4.69, 9.17) is 0 Å². The van der Waals surface area contributed by atoms with Crippen LogP contribution in [0, 0.1) is 3.57 Å². The summed E-state index contributed by atoms with van der Waals surface area (Å²) in [7, 11) is 1.96. The molecule has 3 rings (SSSR count). The van der Waals surface area contributed by atoms with E-state index in [1.54, 1.807) is 0 Å². The van der Waals surface area contributed by atoms with Gasteiger partial charge in [0.25, 0.3) is 5.91 Å². The molecule has 2 unspecified atom stereocenters. The average Bonchev–Trinajstić information content (AvgIpc) is 2.76. The first kappa shape index (κ1) is 13.4. The standard InChI is InChI=1S/C15H19IN2O/c1-18(14-8-12-5-6-13(9-14)17-12)15(19)10-3-2-4-11(16)7-10/h2-4,7,12-14,17H,5-6,8-9H2,1H3. The van der Waals surface area contributed by atoms with Crippen LogP contribution in [0.25, 0.3) is 0 Å². The zero-order valence-corrected chi connectivity index (χ0v) is 13.3. The van der Waals surface area contributed by atoms with E-state index in [1.807, 2.05) is 36.2 Å². The predicted molar refractivity (Wildman–Crippen MR) is 84.2 cm³/mol. The molecule has 2 aliphatic heterocycles. The summed E-state index contributed by atoms with van der Waals surface area (Å²) in [5.74, 6) is 0.157. The van der Waals surface area contributed by atoms with Crippen molar-refractivity contribution in [2.45, 2.75) is 43.8 Å². The van der Waals surface area contributed by atoms with Crippen molar-refractivity contribution in [3.8, 4) is 0 Å². The van der Waals surface area contributed by atoms with Crippen LogP contribution < -0.4 is 5.32 Å². The first-order chi connectivity index (χ1) is 9.13. The van der Waals surface area contributed by atoms with Crippen molar-refractivity contribution < 1.29 is 4.79 Å². The average molecular weight is 370 g/mol. The van der Waals surface area contributed by atoms with Crippen LogP contribution >= 0.6 is 22.6 Å². The fourth-order valence-electron chi connectivity index (χ4n) is 3.33. The Labute approximate surface area is 127 Å². The minimum atomic E-state index is 0.157. The van der Waals surface area contributed by atoms with Crippen LogP contribution in [0.2, 0.25) is 0 Å². The number of fused-ring (bicyclic) bond motifs is 2. The second-order valence-electron chi connectivity index (χ2n) is 5.69. The van der Waals surface area contributed by atoms with Crippen molar-refractivity contribution >= 4 is 28.5 Å². The number of amides is 1. The molecule has 1 aromatic rings. The van der Waals surface area contributed by atoms with E-state index in [0.717, 1.165) is 22.0 Å². The summed E-state index contributed by atoms with van der Waals surface area (Å²) >= 11 is 2.25. The lowest BCUT2D eigenvalue weighted by Gasteiger charge is -2.35. The Morgan fingerprint density at radius 2 is 2.00 bits per heavy atom. The monoisotopic (exact) mass is 370 g/mol. The minimum Gasteiger partial charge on any atom is -0.339 e. The molecule has 19 heavy (non-hydrogen) atoms. The van der Waals surface area contributed by atoms with Crippen molar-refractivity contribution in [1.29, 1.82) is 0 Å². The van der Waals surface area contributed by atoms with Crippen molar-refractivity contribution in [3.05, 3.63) is 33.4 Å². The van der Waals surface area contributed by atoms with E-state index in [2.05, 4.69) is 27.9 Å². The third-order valence-corrected chi connectivity index (χ3v) is 5.06. The summed E-state index contributed by atoms with van der Waals surface area (Å²) in [6.45, 7) is 0. The molecular formula is C15H19IN2O. The number of nitrogens with zero attached hydrogens (tertiary/aromatic N) is 1. The SMILES string of the molecule is CN(C(=O)c1cccc(I)c1)C1CC2CCC(C1)N2. The molecule has 0 aliphatic carbocycles. The summed E-state index contributed by atoms with van der Waals surface area (Å²) in [5, 5.41) is 3.62. The van der Waals surface area contributed by atoms with Gasteiger partial charge in [-0.05, 0) is 66.5 Å². The summed E-state index contributed by atoms with van der Waals surface area (Å²) in [5.41, 5.74) is 0.806. The molecule has 2 bridgehead atoms. The highest BCUT2D eigenvalue weighted by Gasteiger charge is 2.36. The van der Waals surface area contributed by atoms with Gasteiger partial charge in [-0.3, -0.25) is 4.79 Å². The Morgan fingerprint density at radius 3 is 2.63 bits per heavy atom. The zero-order valence-electron chi connectivity index (χ0n) is 11.1. The number of hydrogen-bond donors (Lipinski definition) is 1. The smallest absolute Gasteiger partial charge is 0.253 e. The van der Waals surface area contributed by atoms with Gasteiger partial charge in [-0.2, -0.15) is 0 Å². The van der Waals surface area contributed by atoms with Gasteiger partial charge in [-0.25, -0.2) is 0 Å². The van der Waals surface area contributed by atoms with Crippen molar-refractivity contribution in [2.24, 2.45) is 0 Å². The van der Waals surface area contributed by atoms with Gasteiger partial charge in [0.05, 0.1) is 0 Å². The number of benzene rings is 1. The van der Waals surface area contributed by atoms with E-state index in [9.17, 15) is 4.79 Å². The highest BCUT2D eigenvalue weighted by molar-refractivity contribution is 14.1. The molecule has 0 aromatic heterocycles. The van der Waals surface area contributed by atoms with Gasteiger partial charge in [0.15, 0.2) is 0 Å². The third-order valence-electron chi connectivity index (χ3n) is 4.39. The van der Waals surface area contributed by atoms with E-state index in [0.29, 0.717) is 18.1 Å². The first-order valence-corrected chi connectivity index (χ1v) is 8.00. The number of carbonyl (C=O) groups excluding carboxylic acids is 1. The molecule has 0 saturated carbocycles. The van der Waals surface area contributed by atoms with Crippen LogP contribution in [-0.2, 0) is 0 Å². The lowest BCUT2D eigenvalue weighted by molar-refractivity contribution is 0.0681. The molecule has 0 radical (unpaired) electrons. The van der Waals surface area contributed by atoms with Gasteiger partial charge in [-0.15, -0.1) is 0 Å². The number of carbonyl (C=O) groups is 1. The largest absolute Gasteiger partial charge is 0.339 e. The Hall–Kier alpha value is -0.620. The summed E-state index contributed by atoms with van der Waals surface area (Å²) in [6, 6.07) is 9.48. The molecule has 1 aromatic carbocycles. The minimum absolute atomic E-state index is 0.157. The molecule has 2 atom stereocenters. The number of rotatable bonds is 2. The van der Waals surface area contributed by atoms with Gasteiger partial charge < -0.3 is 10.2 Å². The van der Waals surface area contributed by atoms with Crippen LogP contribution in [-0.4, -0.2) is 36.0 Å². The quantitative estimate of drug-likeness (QED) is 0.812. The molecule has 2 saturated heterocycles. The van der Waals surface area contributed by atoms with Crippen molar-refractivity contribution in [1.82, 2.24) is 10.2 Å². The molecular weight excluding hydrogens is 351 g/mol. The number of hydrogen-bond acceptors (Lipinski definition) is 2.